The predicted molar refractivity (Wildman–Crippen MR) is 101 cm³/mol. The molecule has 3 rings (SSSR count). The van der Waals surface area contributed by atoms with Crippen LogP contribution in [0.2, 0.25) is 0 Å². The molecule has 1 unspecified atom stereocenters. The Morgan fingerprint density at radius 3 is 2.59 bits per heavy atom. The van der Waals surface area contributed by atoms with E-state index >= 15 is 0 Å². The molecule has 1 aromatic heterocycles. The lowest BCUT2D eigenvalue weighted by molar-refractivity contribution is -0.134. The maximum atomic E-state index is 13.1. The fourth-order valence-electron chi connectivity index (χ4n) is 3.58. The van der Waals surface area contributed by atoms with Gasteiger partial charge in [0.1, 0.15) is 17.6 Å². The molecule has 1 aliphatic rings. The van der Waals surface area contributed by atoms with E-state index in [9.17, 15) is 9.59 Å². The van der Waals surface area contributed by atoms with Crippen molar-refractivity contribution < 1.29 is 18.7 Å². The Morgan fingerprint density at radius 1 is 1.26 bits per heavy atom. The number of nitrogens with one attached hydrogen (secondary N) is 1. The molecule has 1 heterocycles. The van der Waals surface area contributed by atoms with E-state index < -0.39 is 6.04 Å². The van der Waals surface area contributed by atoms with Crippen molar-refractivity contribution in [3.63, 3.8) is 0 Å². The predicted octanol–water partition coefficient (Wildman–Crippen LogP) is 3.44. The Hall–Kier alpha value is -2.76. The normalized spacial score (nSPS) is 15.7. The van der Waals surface area contributed by atoms with Crippen molar-refractivity contribution in [2.75, 3.05) is 7.11 Å². The summed E-state index contributed by atoms with van der Waals surface area (Å²) in [5, 5.41) is 3.14. The molecule has 2 aromatic rings. The summed E-state index contributed by atoms with van der Waals surface area (Å²) in [5.41, 5.74) is 0.739. The van der Waals surface area contributed by atoms with Gasteiger partial charge in [0.2, 0.25) is 12.3 Å². The van der Waals surface area contributed by atoms with Crippen LogP contribution in [0.15, 0.2) is 47.1 Å². The lowest BCUT2D eigenvalue weighted by Gasteiger charge is -2.30. The van der Waals surface area contributed by atoms with Crippen molar-refractivity contribution >= 4 is 12.3 Å². The van der Waals surface area contributed by atoms with Crippen LogP contribution in [0.5, 0.6) is 5.75 Å². The van der Waals surface area contributed by atoms with Crippen molar-refractivity contribution in [2.45, 2.75) is 50.7 Å². The minimum absolute atomic E-state index is 0.161. The molecule has 144 valence electrons. The zero-order valence-corrected chi connectivity index (χ0v) is 15.6. The first-order valence-corrected chi connectivity index (χ1v) is 9.39. The highest BCUT2D eigenvalue weighted by atomic mass is 16.5. The monoisotopic (exact) mass is 370 g/mol. The molecule has 6 heteroatoms. The van der Waals surface area contributed by atoms with Crippen LogP contribution in [0.1, 0.15) is 49.5 Å². The SMILES string of the molecule is COc1ccc(C(C(=O)NC2CCCCC2)N(C=O)Cc2ccco2)cc1. The van der Waals surface area contributed by atoms with E-state index in [4.69, 9.17) is 9.15 Å². The minimum atomic E-state index is -0.722. The third kappa shape index (κ3) is 4.90. The number of hydrogen-bond donors (Lipinski definition) is 1. The number of carbonyl (C=O) groups is 2. The zero-order chi connectivity index (χ0) is 19.1. The second-order valence-corrected chi connectivity index (χ2v) is 6.88. The molecule has 0 aliphatic heterocycles. The Morgan fingerprint density at radius 2 is 2.00 bits per heavy atom. The standard InChI is InChI=1S/C21H26N2O4/c1-26-18-11-9-16(10-12-18)20(21(25)22-17-6-3-2-4-7-17)23(15-24)14-19-8-5-13-27-19/h5,8-13,15,17,20H,2-4,6-7,14H2,1H3,(H,22,25). The first kappa shape index (κ1) is 19.0. The summed E-state index contributed by atoms with van der Waals surface area (Å²) in [7, 11) is 1.59. The van der Waals surface area contributed by atoms with Gasteiger partial charge in [-0.15, -0.1) is 0 Å². The van der Waals surface area contributed by atoms with Crippen LogP contribution in [0.4, 0.5) is 0 Å². The maximum Gasteiger partial charge on any atom is 0.247 e. The zero-order valence-electron chi connectivity index (χ0n) is 15.6. The minimum Gasteiger partial charge on any atom is -0.497 e. The Kier molecular flexibility index (Phi) is 6.52. The van der Waals surface area contributed by atoms with Crippen LogP contribution in [0.25, 0.3) is 0 Å². The third-order valence-corrected chi connectivity index (χ3v) is 5.02. The number of ether oxygens (including phenoxy) is 1. The van der Waals surface area contributed by atoms with Gasteiger partial charge < -0.3 is 19.4 Å². The number of furan rings is 1. The molecule has 1 atom stereocenters. The molecular formula is C21H26N2O4. The number of hydrogen-bond acceptors (Lipinski definition) is 4. The molecule has 1 aliphatic carbocycles. The smallest absolute Gasteiger partial charge is 0.247 e. The topological polar surface area (TPSA) is 71.8 Å². The van der Waals surface area contributed by atoms with Crippen LogP contribution in [-0.4, -0.2) is 30.4 Å². The lowest BCUT2D eigenvalue weighted by atomic mass is 9.94. The van der Waals surface area contributed by atoms with Crippen LogP contribution in [-0.2, 0) is 16.1 Å². The molecule has 0 spiro atoms. The van der Waals surface area contributed by atoms with Gasteiger partial charge in [-0.1, -0.05) is 31.4 Å². The molecule has 1 N–H and O–H groups in total. The van der Waals surface area contributed by atoms with Gasteiger partial charge in [-0.2, -0.15) is 0 Å². The van der Waals surface area contributed by atoms with E-state index in [0.29, 0.717) is 17.9 Å². The van der Waals surface area contributed by atoms with E-state index in [1.54, 1.807) is 37.6 Å². The van der Waals surface area contributed by atoms with E-state index in [2.05, 4.69) is 5.32 Å². The third-order valence-electron chi connectivity index (χ3n) is 5.02. The van der Waals surface area contributed by atoms with E-state index in [1.165, 1.54) is 11.3 Å². The second-order valence-electron chi connectivity index (χ2n) is 6.88. The summed E-state index contributed by atoms with van der Waals surface area (Å²) in [6, 6.07) is 10.2. The van der Waals surface area contributed by atoms with Gasteiger partial charge in [-0.3, -0.25) is 9.59 Å². The lowest BCUT2D eigenvalue weighted by Crippen LogP contribution is -2.44. The summed E-state index contributed by atoms with van der Waals surface area (Å²) in [4.78, 5) is 26.4. The van der Waals surface area contributed by atoms with Crippen LogP contribution < -0.4 is 10.1 Å². The molecule has 0 radical (unpaired) electrons. The molecular weight excluding hydrogens is 344 g/mol. The van der Waals surface area contributed by atoms with Gasteiger partial charge in [0.25, 0.3) is 0 Å². The molecule has 2 amide bonds. The van der Waals surface area contributed by atoms with Crippen LogP contribution in [0, 0.1) is 0 Å². The van der Waals surface area contributed by atoms with Gasteiger partial charge in [0.05, 0.1) is 19.9 Å². The van der Waals surface area contributed by atoms with E-state index in [1.807, 2.05) is 12.1 Å². The number of rotatable bonds is 8. The van der Waals surface area contributed by atoms with Gasteiger partial charge >= 0.3 is 0 Å². The molecule has 1 fully saturated rings. The summed E-state index contributed by atoms with van der Waals surface area (Å²) < 4.78 is 10.6. The first-order chi connectivity index (χ1) is 13.2. The summed E-state index contributed by atoms with van der Waals surface area (Å²) >= 11 is 0. The van der Waals surface area contributed by atoms with Gasteiger partial charge in [0, 0.05) is 6.04 Å². The second kappa shape index (κ2) is 9.26. The van der Waals surface area contributed by atoms with E-state index in [0.717, 1.165) is 31.2 Å². The van der Waals surface area contributed by atoms with Crippen molar-refractivity contribution in [3.8, 4) is 5.75 Å². The van der Waals surface area contributed by atoms with Crippen LogP contribution >= 0.6 is 0 Å². The van der Waals surface area contributed by atoms with Gasteiger partial charge in [-0.25, -0.2) is 0 Å². The molecule has 0 bridgehead atoms. The van der Waals surface area contributed by atoms with Crippen LogP contribution in [0.3, 0.4) is 0 Å². The highest BCUT2D eigenvalue weighted by Gasteiger charge is 2.29. The summed E-state index contributed by atoms with van der Waals surface area (Å²) in [6.07, 6.45) is 7.71. The first-order valence-electron chi connectivity index (χ1n) is 9.39. The summed E-state index contributed by atoms with van der Waals surface area (Å²) in [5.74, 6) is 1.17. The van der Waals surface area contributed by atoms with E-state index in [-0.39, 0.29) is 18.5 Å². The maximum absolute atomic E-state index is 13.1. The molecule has 1 saturated carbocycles. The highest BCUT2D eigenvalue weighted by Crippen LogP contribution is 2.26. The number of amides is 2. The number of methoxy groups -OCH3 is 1. The molecule has 27 heavy (non-hydrogen) atoms. The average molecular weight is 370 g/mol. The van der Waals surface area contributed by atoms with Gasteiger partial charge in [0.15, 0.2) is 0 Å². The largest absolute Gasteiger partial charge is 0.497 e. The molecule has 1 aromatic carbocycles. The molecule has 6 nitrogen and oxygen atoms in total. The van der Waals surface area contributed by atoms with Crippen molar-refractivity contribution in [1.29, 1.82) is 0 Å². The number of nitrogens with zero attached hydrogens (tertiary/aromatic N) is 1. The summed E-state index contributed by atoms with van der Waals surface area (Å²) in [6.45, 7) is 0.227. The van der Waals surface area contributed by atoms with Crippen molar-refractivity contribution in [3.05, 3.63) is 54.0 Å². The fourth-order valence-corrected chi connectivity index (χ4v) is 3.58. The Labute approximate surface area is 159 Å². The Bertz CT molecular complexity index is 721. The fraction of sp³-hybridized carbons (Fsp3) is 0.429. The average Bonchev–Trinajstić information content (AvgIpc) is 3.22. The van der Waals surface area contributed by atoms with Crippen molar-refractivity contribution in [2.24, 2.45) is 0 Å². The molecule has 0 saturated heterocycles. The quantitative estimate of drug-likeness (QED) is 0.723. The number of carbonyl (C=O) groups excluding carboxylic acids is 2. The highest BCUT2D eigenvalue weighted by molar-refractivity contribution is 5.85. The number of benzene rings is 1. The van der Waals surface area contributed by atoms with Gasteiger partial charge in [-0.05, 0) is 42.7 Å². The Balaban J connectivity index is 1.83. The van der Waals surface area contributed by atoms with Crippen molar-refractivity contribution in [1.82, 2.24) is 10.2 Å².